The minimum atomic E-state index is -1.17. The van der Waals surface area contributed by atoms with Gasteiger partial charge in [-0.1, -0.05) is 30.3 Å². The smallest absolute Gasteiger partial charge is 0.334 e. The zero-order chi connectivity index (χ0) is 14.1. The lowest BCUT2D eigenvalue weighted by Crippen LogP contribution is -2.21. The van der Waals surface area contributed by atoms with Gasteiger partial charge in [-0.15, -0.1) is 0 Å². The topological polar surface area (TPSA) is 72.8 Å². The lowest BCUT2D eigenvalue weighted by molar-refractivity contribution is -0.151. The van der Waals surface area contributed by atoms with Crippen molar-refractivity contribution in [1.82, 2.24) is 0 Å². The molecule has 0 heterocycles. The number of carbonyl (C=O) groups excluding carboxylic acids is 2. The van der Waals surface area contributed by atoms with Crippen LogP contribution in [0.5, 0.6) is 0 Å². The van der Waals surface area contributed by atoms with Crippen molar-refractivity contribution in [2.75, 3.05) is 7.11 Å². The van der Waals surface area contributed by atoms with Crippen molar-refractivity contribution in [3.8, 4) is 0 Å². The van der Waals surface area contributed by atoms with Gasteiger partial charge in [0.25, 0.3) is 0 Å². The van der Waals surface area contributed by atoms with Gasteiger partial charge >= 0.3 is 11.9 Å². The van der Waals surface area contributed by atoms with Crippen LogP contribution in [0.4, 0.5) is 0 Å². The van der Waals surface area contributed by atoms with Crippen molar-refractivity contribution in [3.63, 3.8) is 0 Å². The zero-order valence-electron chi connectivity index (χ0n) is 10.9. The molecule has 0 aliphatic heterocycles. The van der Waals surface area contributed by atoms with E-state index < -0.39 is 12.1 Å². The van der Waals surface area contributed by atoms with Gasteiger partial charge in [0, 0.05) is 6.42 Å². The van der Waals surface area contributed by atoms with Crippen LogP contribution >= 0.6 is 0 Å². The standard InChI is InChI=1S/C14H18O5/c1-18-14(17)12(15)8-5-9-13(16)19-10-11-6-3-2-4-7-11/h2-4,6-7,12,15H,5,8-10H2,1H3/t12-/m0/s1. The minimum absolute atomic E-state index is 0.168. The molecule has 1 aromatic carbocycles. The fourth-order valence-corrected chi connectivity index (χ4v) is 1.50. The van der Waals surface area contributed by atoms with Crippen LogP contribution in [-0.2, 0) is 25.7 Å². The van der Waals surface area contributed by atoms with Crippen molar-refractivity contribution in [2.45, 2.75) is 32.0 Å². The molecule has 0 amide bonds. The van der Waals surface area contributed by atoms with Gasteiger partial charge in [0.15, 0.2) is 6.10 Å². The Morgan fingerprint density at radius 2 is 1.95 bits per heavy atom. The van der Waals surface area contributed by atoms with E-state index in [0.717, 1.165) is 5.56 Å². The number of benzene rings is 1. The summed E-state index contributed by atoms with van der Waals surface area (Å²) in [5.41, 5.74) is 0.922. The van der Waals surface area contributed by atoms with Crippen LogP contribution in [0.1, 0.15) is 24.8 Å². The van der Waals surface area contributed by atoms with Crippen LogP contribution in [0.3, 0.4) is 0 Å². The highest BCUT2D eigenvalue weighted by Crippen LogP contribution is 2.06. The van der Waals surface area contributed by atoms with E-state index in [-0.39, 0.29) is 25.4 Å². The number of hydrogen-bond donors (Lipinski definition) is 1. The van der Waals surface area contributed by atoms with E-state index in [1.165, 1.54) is 7.11 Å². The first-order valence-corrected chi connectivity index (χ1v) is 6.09. The molecule has 5 heteroatoms. The van der Waals surface area contributed by atoms with Crippen LogP contribution < -0.4 is 0 Å². The molecule has 0 aliphatic rings. The summed E-state index contributed by atoms with van der Waals surface area (Å²) in [4.78, 5) is 22.3. The third kappa shape index (κ3) is 6.01. The summed E-state index contributed by atoms with van der Waals surface area (Å²) in [6, 6.07) is 9.37. The highest BCUT2D eigenvalue weighted by molar-refractivity contribution is 5.74. The van der Waals surface area contributed by atoms with E-state index in [0.29, 0.717) is 6.42 Å². The Morgan fingerprint density at radius 3 is 2.58 bits per heavy atom. The Morgan fingerprint density at radius 1 is 1.26 bits per heavy atom. The Kier molecular flexibility index (Phi) is 6.60. The molecular formula is C14H18O5. The first-order chi connectivity index (χ1) is 9.13. The number of aliphatic hydroxyl groups is 1. The van der Waals surface area contributed by atoms with Gasteiger partial charge in [0.05, 0.1) is 7.11 Å². The average Bonchev–Trinajstić information content (AvgIpc) is 2.45. The molecule has 0 radical (unpaired) electrons. The molecule has 0 aliphatic carbocycles. The first kappa shape index (κ1) is 15.2. The van der Waals surface area contributed by atoms with Gasteiger partial charge < -0.3 is 14.6 Å². The number of carbonyl (C=O) groups is 2. The summed E-state index contributed by atoms with van der Waals surface area (Å²) in [6.07, 6.45) is -0.440. The van der Waals surface area contributed by atoms with Crippen molar-refractivity contribution < 1.29 is 24.2 Å². The summed E-state index contributed by atoms with van der Waals surface area (Å²) in [5, 5.41) is 9.31. The van der Waals surface area contributed by atoms with Crippen molar-refractivity contribution in [3.05, 3.63) is 35.9 Å². The maximum absolute atomic E-state index is 11.4. The summed E-state index contributed by atoms with van der Waals surface area (Å²) in [7, 11) is 1.21. The molecule has 19 heavy (non-hydrogen) atoms. The predicted molar refractivity (Wildman–Crippen MR) is 68.1 cm³/mol. The maximum atomic E-state index is 11.4. The monoisotopic (exact) mass is 266 g/mol. The molecule has 0 bridgehead atoms. The van der Waals surface area contributed by atoms with E-state index in [2.05, 4.69) is 4.74 Å². The highest BCUT2D eigenvalue weighted by Gasteiger charge is 2.15. The van der Waals surface area contributed by atoms with Gasteiger partial charge in [-0.25, -0.2) is 4.79 Å². The number of ether oxygens (including phenoxy) is 2. The van der Waals surface area contributed by atoms with E-state index in [4.69, 9.17) is 4.74 Å². The van der Waals surface area contributed by atoms with Crippen LogP contribution in [0, 0.1) is 0 Å². The van der Waals surface area contributed by atoms with E-state index in [1.54, 1.807) is 0 Å². The predicted octanol–water partition coefficient (Wildman–Crippen LogP) is 1.43. The van der Waals surface area contributed by atoms with Gasteiger partial charge in [0.1, 0.15) is 6.61 Å². The van der Waals surface area contributed by atoms with Crippen LogP contribution in [0.25, 0.3) is 0 Å². The number of methoxy groups -OCH3 is 1. The van der Waals surface area contributed by atoms with Gasteiger partial charge in [0.2, 0.25) is 0 Å². The average molecular weight is 266 g/mol. The van der Waals surface area contributed by atoms with Crippen LogP contribution in [0.15, 0.2) is 30.3 Å². The number of aliphatic hydroxyl groups excluding tert-OH is 1. The Labute approximate surface area is 112 Å². The van der Waals surface area contributed by atoms with Crippen LogP contribution in [0.2, 0.25) is 0 Å². The van der Waals surface area contributed by atoms with E-state index in [9.17, 15) is 14.7 Å². The zero-order valence-corrected chi connectivity index (χ0v) is 10.9. The second kappa shape index (κ2) is 8.26. The molecule has 0 unspecified atom stereocenters. The van der Waals surface area contributed by atoms with E-state index >= 15 is 0 Å². The number of hydrogen-bond acceptors (Lipinski definition) is 5. The number of rotatable bonds is 7. The summed E-state index contributed by atoms with van der Waals surface area (Å²) in [6.45, 7) is 0.235. The lowest BCUT2D eigenvalue weighted by Gasteiger charge is -2.08. The lowest BCUT2D eigenvalue weighted by atomic mass is 10.1. The third-order valence-electron chi connectivity index (χ3n) is 2.57. The van der Waals surface area contributed by atoms with Crippen LogP contribution in [-0.4, -0.2) is 30.3 Å². The Balaban J connectivity index is 2.16. The summed E-state index contributed by atoms with van der Waals surface area (Å²) < 4.78 is 9.43. The fourth-order valence-electron chi connectivity index (χ4n) is 1.50. The molecule has 0 saturated heterocycles. The van der Waals surface area contributed by atoms with Gasteiger partial charge in [-0.05, 0) is 18.4 Å². The van der Waals surface area contributed by atoms with Gasteiger partial charge in [-0.2, -0.15) is 0 Å². The second-order valence-electron chi connectivity index (χ2n) is 4.08. The maximum Gasteiger partial charge on any atom is 0.334 e. The minimum Gasteiger partial charge on any atom is -0.467 e. The summed E-state index contributed by atoms with van der Waals surface area (Å²) >= 11 is 0. The normalized spacial score (nSPS) is 11.7. The highest BCUT2D eigenvalue weighted by atomic mass is 16.5. The quantitative estimate of drug-likeness (QED) is 0.756. The second-order valence-corrected chi connectivity index (χ2v) is 4.08. The largest absolute Gasteiger partial charge is 0.467 e. The molecular weight excluding hydrogens is 248 g/mol. The SMILES string of the molecule is COC(=O)[C@@H](O)CCCC(=O)OCc1ccccc1. The molecule has 5 nitrogen and oxygen atoms in total. The Bertz CT molecular complexity index is 402. The molecule has 0 fully saturated rings. The molecule has 0 aromatic heterocycles. The molecule has 104 valence electrons. The van der Waals surface area contributed by atoms with E-state index in [1.807, 2.05) is 30.3 Å². The molecule has 1 rings (SSSR count). The first-order valence-electron chi connectivity index (χ1n) is 6.09. The van der Waals surface area contributed by atoms with Crippen molar-refractivity contribution in [2.24, 2.45) is 0 Å². The Hall–Kier alpha value is -1.88. The molecule has 0 saturated carbocycles. The third-order valence-corrected chi connectivity index (χ3v) is 2.57. The van der Waals surface area contributed by atoms with Gasteiger partial charge in [-0.3, -0.25) is 4.79 Å². The molecule has 0 spiro atoms. The molecule has 1 aromatic rings. The molecule has 1 N–H and O–H groups in total. The number of esters is 2. The fraction of sp³-hybridized carbons (Fsp3) is 0.429. The van der Waals surface area contributed by atoms with Crippen molar-refractivity contribution >= 4 is 11.9 Å². The summed E-state index contributed by atoms with van der Waals surface area (Å²) in [5.74, 6) is -1.03. The van der Waals surface area contributed by atoms with Crippen molar-refractivity contribution in [1.29, 1.82) is 0 Å². The molecule has 1 atom stereocenters.